The molecule has 35 heavy (non-hydrogen) atoms. The van der Waals surface area contributed by atoms with E-state index in [0.29, 0.717) is 24.2 Å². The average Bonchev–Trinajstić information content (AvgIpc) is 3.21. The van der Waals surface area contributed by atoms with E-state index in [4.69, 9.17) is 0 Å². The van der Waals surface area contributed by atoms with Crippen LogP contribution >= 0.6 is 0 Å². The van der Waals surface area contributed by atoms with Gasteiger partial charge in [0.05, 0.1) is 4.90 Å². The molecule has 0 fully saturated rings. The minimum Gasteiger partial charge on any atom is -0.378 e. The highest BCUT2D eigenvalue weighted by atomic mass is 32.2. The molecule has 0 saturated heterocycles. The summed E-state index contributed by atoms with van der Waals surface area (Å²) in [5.74, 6) is -0.232. The lowest BCUT2D eigenvalue weighted by Gasteiger charge is -2.14. The van der Waals surface area contributed by atoms with Gasteiger partial charge < -0.3 is 14.8 Å². The maximum atomic E-state index is 13.3. The van der Waals surface area contributed by atoms with E-state index in [1.54, 1.807) is 36.7 Å². The Balaban J connectivity index is 1.68. The van der Waals surface area contributed by atoms with E-state index >= 15 is 0 Å². The number of pyridine rings is 1. The largest absolute Gasteiger partial charge is 0.378 e. The van der Waals surface area contributed by atoms with Crippen LogP contribution in [0.1, 0.15) is 21.6 Å². The van der Waals surface area contributed by atoms with E-state index in [2.05, 4.69) is 10.3 Å². The first kappa shape index (κ1) is 24.4. The molecule has 0 atom stereocenters. The number of anilines is 1. The summed E-state index contributed by atoms with van der Waals surface area (Å²) in [4.78, 5) is 19.6. The summed E-state index contributed by atoms with van der Waals surface area (Å²) in [6, 6.07) is 18.5. The fourth-order valence-electron chi connectivity index (χ4n) is 3.83. The molecule has 0 saturated carbocycles. The van der Waals surface area contributed by atoms with Gasteiger partial charge in [0.15, 0.2) is 0 Å². The Morgan fingerprint density at radius 1 is 0.914 bits per heavy atom. The van der Waals surface area contributed by atoms with Gasteiger partial charge >= 0.3 is 0 Å². The number of aromatic nitrogens is 2. The molecule has 4 aromatic rings. The van der Waals surface area contributed by atoms with Gasteiger partial charge in [-0.15, -0.1) is 0 Å². The normalized spacial score (nSPS) is 11.7. The van der Waals surface area contributed by atoms with E-state index in [-0.39, 0.29) is 10.8 Å². The van der Waals surface area contributed by atoms with E-state index in [0.717, 1.165) is 22.3 Å². The fraction of sp³-hybridized carbons (Fsp3) is 0.231. The first-order valence-electron chi connectivity index (χ1n) is 11.2. The number of carbonyl (C=O) groups is 1. The third-order valence-corrected chi connectivity index (χ3v) is 7.69. The molecule has 0 radical (unpaired) electrons. The minimum atomic E-state index is -3.60. The van der Waals surface area contributed by atoms with Gasteiger partial charge in [-0.05, 0) is 59.7 Å². The number of nitrogens with zero attached hydrogens (tertiary/aromatic N) is 4. The Bertz CT molecular complexity index is 1440. The van der Waals surface area contributed by atoms with Gasteiger partial charge in [-0.1, -0.05) is 12.1 Å². The molecular formula is C26H29N5O3S. The zero-order valence-corrected chi connectivity index (χ0v) is 21.1. The molecule has 182 valence electrons. The zero-order chi connectivity index (χ0) is 25.2. The highest BCUT2D eigenvalue weighted by Gasteiger charge is 2.21. The first-order chi connectivity index (χ1) is 16.7. The van der Waals surface area contributed by atoms with Crippen LogP contribution in [0, 0.1) is 0 Å². The van der Waals surface area contributed by atoms with E-state index in [1.165, 1.54) is 18.4 Å². The molecule has 0 unspecified atom stereocenters. The number of amides is 1. The maximum absolute atomic E-state index is 13.3. The molecule has 0 aliphatic heterocycles. The van der Waals surface area contributed by atoms with Gasteiger partial charge in [-0.25, -0.2) is 12.7 Å². The fourth-order valence-corrected chi connectivity index (χ4v) is 4.77. The van der Waals surface area contributed by atoms with E-state index in [9.17, 15) is 13.2 Å². The number of sulfonamides is 1. The molecule has 0 bridgehead atoms. The zero-order valence-electron chi connectivity index (χ0n) is 20.3. The summed E-state index contributed by atoms with van der Waals surface area (Å²) in [5.41, 5.74) is 4.29. The lowest BCUT2D eigenvalue weighted by molar-refractivity contribution is 0.0942. The molecular weight excluding hydrogens is 462 g/mol. The smallest absolute Gasteiger partial charge is 0.268 e. The molecule has 0 aliphatic rings. The third-order valence-electron chi connectivity index (χ3n) is 5.88. The van der Waals surface area contributed by atoms with Crippen LogP contribution < -0.4 is 10.2 Å². The minimum absolute atomic E-state index is 0.184. The maximum Gasteiger partial charge on any atom is 0.268 e. The first-order valence-corrected chi connectivity index (χ1v) is 12.6. The molecule has 2 heterocycles. The molecule has 0 spiro atoms. The van der Waals surface area contributed by atoms with Crippen LogP contribution in [-0.2, 0) is 23.1 Å². The molecule has 8 nitrogen and oxygen atoms in total. The topological polar surface area (TPSA) is 87.5 Å². The molecule has 2 aromatic carbocycles. The Kier molecular flexibility index (Phi) is 6.90. The molecule has 4 rings (SSSR count). The lowest BCUT2D eigenvalue weighted by atomic mass is 10.2. The molecule has 1 amide bonds. The van der Waals surface area contributed by atoms with Gasteiger partial charge in [0.2, 0.25) is 10.0 Å². The second-order valence-electron chi connectivity index (χ2n) is 8.72. The summed E-state index contributed by atoms with van der Waals surface area (Å²) in [7, 11) is 3.36. The second-order valence-corrected chi connectivity index (χ2v) is 10.9. The van der Waals surface area contributed by atoms with Crippen molar-refractivity contribution in [2.24, 2.45) is 0 Å². The number of benzene rings is 2. The van der Waals surface area contributed by atoms with Crippen molar-refractivity contribution < 1.29 is 13.2 Å². The highest BCUT2D eigenvalue weighted by molar-refractivity contribution is 7.89. The number of nitrogens with one attached hydrogen (secondary N) is 1. The lowest BCUT2D eigenvalue weighted by Crippen LogP contribution is -2.25. The predicted molar refractivity (Wildman–Crippen MR) is 138 cm³/mol. The van der Waals surface area contributed by atoms with Crippen molar-refractivity contribution in [3.05, 3.63) is 89.9 Å². The predicted octanol–water partition coefficient (Wildman–Crippen LogP) is 3.33. The Morgan fingerprint density at radius 3 is 2.23 bits per heavy atom. The summed E-state index contributed by atoms with van der Waals surface area (Å²) >= 11 is 0. The van der Waals surface area contributed by atoms with Crippen molar-refractivity contribution in [3.63, 3.8) is 0 Å². The Morgan fingerprint density at radius 2 is 1.60 bits per heavy atom. The van der Waals surface area contributed by atoms with Crippen molar-refractivity contribution in [1.82, 2.24) is 19.2 Å². The monoisotopic (exact) mass is 491 g/mol. The molecule has 0 aliphatic carbocycles. The Labute approximate surface area is 205 Å². The SMILES string of the molecule is CN(C)c1ccc(CNC(=O)c2cc3cc(S(=O)(=O)N(C)C)ccc3n2Cc2ccncc2)cc1. The van der Waals surface area contributed by atoms with Crippen molar-refractivity contribution in [2.75, 3.05) is 33.1 Å². The summed E-state index contributed by atoms with van der Waals surface area (Å²) in [6.07, 6.45) is 3.42. The highest BCUT2D eigenvalue weighted by Crippen LogP contribution is 2.26. The molecule has 9 heteroatoms. The van der Waals surface area contributed by atoms with Gasteiger partial charge in [-0.3, -0.25) is 9.78 Å². The molecule has 2 aromatic heterocycles. The third kappa shape index (κ3) is 5.21. The summed E-state index contributed by atoms with van der Waals surface area (Å²) in [5, 5.41) is 3.68. The quantitative estimate of drug-likeness (QED) is 0.409. The van der Waals surface area contributed by atoms with Crippen molar-refractivity contribution in [1.29, 1.82) is 0 Å². The van der Waals surface area contributed by atoms with E-state index < -0.39 is 10.0 Å². The van der Waals surface area contributed by atoms with Crippen LogP contribution in [0.2, 0.25) is 0 Å². The number of carbonyl (C=O) groups excluding carboxylic acids is 1. The van der Waals surface area contributed by atoms with Crippen LogP contribution in [-0.4, -0.2) is 56.4 Å². The Hall–Kier alpha value is -3.69. The average molecular weight is 492 g/mol. The van der Waals surface area contributed by atoms with Crippen molar-refractivity contribution in [2.45, 2.75) is 18.0 Å². The number of hydrogen-bond donors (Lipinski definition) is 1. The van der Waals surface area contributed by atoms with Crippen LogP contribution in [0.3, 0.4) is 0 Å². The standard InChI is InChI=1S/C26H29N5O3S/c1-29(2)22-7-5-19(6-8-22)17-28-26(32)25-16-21-15-23(35(33,34)30(3)4)9-10-24(21)31(25)18-20-11-13-27-14-12-20/h5-16H,17-18H2,1-4H3,(H,28,32). The second kappa shape index (κ2) is 9.89. The number of hydrogen-bond acceptors (Lipinski definition) is 5. The van der Waals surface area contributed by atoms with E-state index in [1.807, 2.05) is 60.0 Å². The van der Waals surface area contributed by atoms with Crippen LogP contribution in [0.25, 0.3) is 10.9 Å². The van der Waals surface area contributed by atoms with Gasteiger partial charge in [0.25, 0.3) is 5.91 Å². The molecule has 1 N–H and O–H groups in total. The van der Waals surface area contributed by atoms with Gasteiger partial charge in [0.1, 0.15) is 5.69 Å². The van der Waals surface area contributed by atoms with Gasteiger partial charge in [0, 0.05) is 70.3 Å². The summed E-state index contributed by atoms with van der Waals surface area (Å²) < 4.78 is 28.4. The summed E-state index contributed by atoms with van der Waals surface area (Å²) in [6.45, 7) is 0.829. The van der Waals surface area contributed by atoms with Crippen molar-refractivity contribution in [3.8, 4) is 0 Å². The van der Waals surface area contributed by atoms with Crippen molar-refractivity contribution >= 4 is 32.5 Å². The van der Waals surface area contributed by atoms with Gasteiger partial charge in [-0.2, -0.15) is 0 Å². The van der Waals surface area contributed by atoms with Crippen LogP contribution in [0.5, 0.6) is 0 Å². The van der Waals surface area contributed by atoms with Crippen LogP contribution in [0.15, 0.2) is 78.0 Å². The number of rotatable bonds is 8. The number of fused-ring (bicyclic) bond motifs is 1. The van der Waals surface area contributed by atoms with Crippen LogP contribution in [0.4, 0.5) is 5.69 Å².